The van der Waals surface area contributed by atoms with Gasteiger partial charge in [-0.05, 0) is 29.6 Å². The number of ether oxygens (including phenoxy) is 2. The van der Waals surface area contributed by atoms with Crippen LogP contribution in [0.15, 0.2) is 72.4 Å². The molecule has 2 heterocycles. The molecule has 4 aromatic rings. The number of carbonyl (C=O) groups is 3. The van der Waals surface area contributed by atoms with Crippen LogP contribution in [0.4, 0.5) is 5.69 Å². The van der Waals surface area contributed by atoms with Gasteiger partial charge in [0.15, 0.2) is 6.61 Å². The third-order valence-electron chi connectivity index (χ3n) is 4.65. The van der Waals surface area contributed by atoms with Crippen LogP contribution in [0.2, 0.25) is 0 Å². The van der Waals surface area contributed by atoms with Crippen molar-refractivity contribution < 1.29 is 23.9 Å². The predicted molar refractivity (Wildman–Crippen MR) is 124 cm³/mol. The third kappa shape index (κ3) is 5.34. The average Bonchev–Trinajstić information content (AvgIpc) is 3.25. The molecule has 0 aliphatic rings. The average molecular weight is 461 g/mol. The van der Waals surface area contributed by atoms with Crippen molar-refractivity contribution in [3.05, 3.63) is 89.1 Å². The Hall–Kier alpha value is -4.24. The van der Waals surface area contributed by atoms with E-state index in [1.54, 1.807) is 54.7 Å². The second kappa shape index (κ2) is 9.92. The van der Waals surface area contributed by atoms with Crippen molar-refractivity contribution in [1.82, 2.24) is 4.98 Å². The van der Waals surface area contributed by atoms with E-state index in [4.69, 9.17) is 15.2 Å². The van der Waals surface area contributed by atoms with E-state index in [-0.39, 0.29) is 18.1 Å². The number of aromatic nitrogens is 1. The van der Waals surface area contributed by atoms with Crippen LogP contribution in [0.3, 0.4) is 0 Å². The van der Waals surface area contributed by atoms with Crippen LogP contribution >= 0.6 is 11.3 Å². The molecule has 8 nitrogen and oxygen atoms in total. The number of hydrogen-bond acceptors (Lipinski definition) is 7. The topological polar surface area (TPSA) is 121 Å². The number of nitrogens with zero attached hydrogens (tertiary/aromatic N) is 1. The number of thiophene rings is 1. The maximum absolute atomic E-state index is 12.4. The lowest BCUT2D eigenvalue weighted by Crippen LogP contribution is -2.21. The fourth-order valence-electron chi connectivity index (χ4n) is 3.09. The molecule has 2 amide bonds. The van der Waals surface area contributed by atoms with Crippen molar-refractivity contribution in [3.8, 4) is 5.75 Å². The van der Waals surface area contributed by atoms with E-state index >= 15 is 0 Å². The molecule has 0 saturated heterocycles. The first-order valence-corrected chi connectivity index (χ1v) is 10.8. The summed E-state index contributed by atoms with van der Waals surface area (Å²) in [7, 11) is 0. The summed E-state index contributed by atoms with van der Waals surface area (Å²) in [6, 6.07) is 16.0. The minimum Gasteiger partial charge on any atom is -0.489 e. The molecular formula is C24H19N3O5S. The maximum Gasteiger partial charge on any atom is 0.341 e. The Labute approximate surface area is 193 Å². The Bertz CT molecular complexity index is 1320. The molecule has 0 spiro atoms. The van der Waals surface area contributed by atoms with Crippen molar-refractivity contribution in [2.45, 2.75) is 6.61 Å². The summed E-state index contributed by atoms with van der Waals surface area (Å²) in [4.78, 5) is 39.6. The molecule has 166 valence electrons. The summed E-state index contributed by atoms with van der Waals surface area (Å²) in [5.41, 5.74) is 7.30. The number of benzene rings is 2. The summed E-state index contributed by atoms with van der Waals surface area (Å²) in [5, 5.41) is 5.48. The second-order valence-electron chi connectivity index (χ2n) is 7.00. The number of rotatable bonds is 8. The standard InChI is InChI=1S/C24H19N3O5S/c25-21(28)13-32-24(30)20-11-26-10-19-16(14-33-22(19)20)12-31-18-8-4-7-17(9-18)27-23(29)15-5-2-1-3-6-15/h1-11,14H,12-13H2,(H2,25,28)(H,27,29). The Morgan fingerprint density at radius 3 is 2.64 bits per heavy atom. The van der Waals surface area contributed by atoms with E-state index in [0.717, 1.165) is 10.9 Å². The van der Waals surface area contributed by atoms with Gasteiger partial charge in [-0.1, -0.05) is 24.3 Å². The van der Waals surface area contributed by atoms with Crippen LogP contribution in [0.25, 0.3) is 10.1 Å². The summed E-state index contributed by atoms with van der Waals surface area (Å²) in [6.45, 7) is -0.259. The van der Waals surface area contributed by atoms with Crippen molar-refractivity contribution in [3.63, 3.8) is 0 Å². The first-order chi connectivity index (χ1) is 16.0. The minimum absolute atomic E-state index is 0.210. The number of nitrogens with one attached hydrogen (secondary N) is 1. The molecule has 0 aliphatic carbocycles. The highest BCUT2D eigenvalue weighted by atomic mass is 32.1. The van der Waals surface area contributed by atoms with Gasteiger partial charge in [-0.3, -0.25) is 14.6 Å². The van der Waals surface area contributed by atoms with Gasteiger partial charge in [-0.25, -0.2) is 4.79 Å². The number of primary amides is 1. The summed E-state index contributed by atoms with van der Waals surface area (Å²) >= 11 is 1.35. The minimum atomic E-state index is -0.731. The molecule has 0 saturated carbocycles. The lowest BCUT2D eigenvalue weighted by Gasteiger charge is -2.09. The Balaban J connectivity index is 1.45. The zero-order valence-corrected chi connectivity index (χ0v) is 18.1. The molecule has 0 atom stereocenters. The number of pyridine rings is 1. The van der Waals surface area contributed by atoms with Crippen LogP contribution in [0, 0.1) is 0 Å². The Morgan fingerprint density at radius 2 is 1.85 bits per heavy atom. The van der Waals surface area contributed by atoms with E-state index in [1.807, 2.05) is 11.4 Å². The number of esters is 1. The quantitative estimate of drug-likeness (QED) is 0.385. The van der Waals surface area contributed by atoms with E-state index in [2.05, 4.69) is 10.3 Å². The first-order valence-electron chi connectivity index (χ1n) is 9.90. The zero-order chi connectivity index (χ0) is 23.2. The lowest BCUT2D eigenvalue weighted by atomic mass is 10.2. The number of anilines is 1. The molecule has 0 fully saturated rings. The highest BCUT2D eigenvalue weighted by Crippen LogP contribution is 2.30. The number of amides is 2. The lowest BCUT2D eigenvalue weighted by molar-refractivity contribution is -0.121. The highest BCUT2D eigenvalue weighted by molar-refractivity contribution is 7.17. The van der Waals surface area contributed by atoms with E-state index in [9.17, 15) is 14.4 Å². The molecule has 2 aromatic carbocycles. The monoisotopic (exact) mass is 461 g/mol. The van der Waals surface area contributed by atoms with Gasteiger partial charge in [0.2, 0.25) is 0 Å². The smallest absolute Gasteiger partial charge is 0.341 e. The Morgan fingerprint density at radius 1 is 1.03 bits per heavy atom. The largest absolute Gasteiger partial charge is 0.489 e. The normalized spacial score (nSPS) is 10.5. The summed E-state index contributed by atoms with van der Waals surface area (Å²) in [5.74, 6) is -1.03. The third-order valence-corrected chi connectivity index (χ3v) is 5.73. The van der Waals surface area contributed by atoms with E-state index in [1.165, 1.54) is 17.5 Å². The zero-order valence-electron chi connectivity index (χ0n) is 17.3. The molecule has 0 aliphatic heterocycles. The van der Waals surface area contributed by atoms with Gasteiger partial charge in [-0.15, -0.1) is 11.3 Å². The van der Waals surface area contributed by atoms with Gasteiger partial charge >= 0.3 is 5.97 Å². The summed E-state index contributed by atoms with van der Waals surface area (Å²) in [6.07, 6.45) is 3.04. The van der Waals surface area contributed by atoms with Crippen LogP contribution in [0.5, 0.6) is 5.75 Å². The van der Waals surface area contributed by atoms with Gasteiger partial charge in [-0.2, -0.15) is 0 Å². The van der Waals surface area contributed by atoms with Crippen molar-refractivity contribution >= 4 is 44.9 Å². The molecule has 0 radical (unpaired) electrons. The fourth-order valence-corrected chi connectivity index (χ4v) is 4.12. The second-order valence-corrected chi connectivity index (χ2v) is 7.88. The highest BCUT2D eigenvalue weighted by Gasteiger charge is 2.17. The van der Waals surface area contributed by atoms with Crippen LogP contribution in [-0.4, -0.2) is 29.4 Å². The van der Waals surface area contributed by atoms with Crippen molar-refractivity contribution in [2.24, 2.45) is 5.73 Å². The van der Waals surface area contributed by atoms with Crippen LogP contribution in [-0.2, 0) is 16.1 Å². The maximum atomic E-state index is 12.4. The number of nitrogens with two attached hydrogens (primary N) is 1. The molecule has 3 N–H and O–H groups in total. The SMILES string of the molecule is NC(=O)COC(=O)c1cncc2c(COc3cccc(NC(=O)c4ccccc4)c3)csc12. The molecule has 2 aromatic heterocycles. The predicted octanol–water partition coefficient (Wildman–Crippen LogP) is 3.77. The van der Waals surface area contributed by atoms with Gasteiger partial charge in [0.05, 0.1) is 10.3 Å². The summed E-state index contributed by atoms with van der Waals surface area (Å²) < 4.78 is 11.5. The fraction of sp³-hybridized carbons (Fsp3) is 0.0833. The van der Waals surface area contributed by atoms with Crippen LogP contribution in [0.1, 0.15) is 26.3 Å². The molecular weight excluding hydrogens is 442 g/mol. The molecule has 0 bridgehead atoms. The van der Waals surface area contributed by atoms with E-state index in [0.29, 0.717) is 21.7 Å². The van der Waals surface area contributed by atoms with Gasteiger partial charge in [0.1, 0.15) is 12.4 Å². The van der Waals surface area contributed by atoms with Gasteiger partial charge in [0, 0.05) is 40.7 Å². The van der Waals surface area contributed by atoms with Gasteiger partial charge < -0.3 is 20.5 Å². The van der Waals surface area contributed by atoms with E-state index < -0.39 is 18.5 Å². The molecule has 0 unspecified atom stereocenters. The number of carbonyl (C=O) groups excluding carboxylic acids is 3. The first kappa shape index (κ1) is 22.0. The molecule has 4 rings (SSSR count). The number of fused-ring (bicyclic) bond motifs is 1. The number of hydrogen-bond donors (Lipinski definition) is 2. The van der Waals surface area contributed by atoms with Gasteiger partial charge in [0.25, 0.3) is 11.8 Å². The van der Waals surface area contributed by atoms with Crippen molar-refractivity contribution in [2.75, 3.05) is 11.9 Å². The van der Waals surface area contributed by atoms with Crippen LogP contribution < -0.4 is 15.8 Å². The Kier molecular flexibility index (Phi) is 6.61. The molecule has 33 heavy (non-hydrogen) atoms. The molecule has 9 heteroatoms. The van der Waals surface area contributed by atoms with Crippen molar-refractivity contribution in [1.29, 1.82) is 0 Å².